The van der Waals surface area contributed by atoms with Gasteiger partial charge in [0.15, 0.2) is 10.4 Å². The van der Waals surface area contributed by atoms with E-state index < -0.39 is 0 Å². The molecule has 1 aliphatic rings. The highest BCUT2D eigenvalue weighted by molar-refractivity contribution is 9.10. The van der Waals surface area contributed by atoms with Crippen LogP contribution in [0.3, 0.4) is 0 Å². The molecule has 0 saturated carbocycles. The van der Waals surface area contributed by atoms with Gasteiger partial charge in [-0.15, -0.1) is 0 Å². The number of piperidine rings is 1. The number of furan rings is 1. The van der Waals surface area contributed by atoms with Crippen LogP contribution >= 0.6 is 15.9 Å². The van der Waals surface area contributed by atoms with Gasteiger partial charge >= 0.3 is 0 Å². The molecule has 1 saturated heterocycles. The lowest BCUT2D eigenvalue weighted by Gasteiger charge is -2.37. The number of hydrogen-bond acceptors (Lipinski definition) is 3. The molecule has 2 N–H and O–H groups in total. The zero-order chi connectivity index (χ0) is 13.3. The summed E-state index contributed by atoms with van der Waals surface area (Å²) in [6.07, 6.45) is 3.15. The molecule has 5 heteroatoms. The van der Waals surface area contributed by atoms with Gasteiger partial charge in [-0.05, 0) is 55.1 Å². The van der Waals surface area contributed by atoms with Gasteiger partial charge in [-0.2, -0.15) is 0 Å². The summed E-state index contributed by atoms with van der Waals surface area (Å²) in [4.78, 5) is 14.4. The molecule has 2 atom stereocenters. The molecule has 0 bridgehead atoms. The van der Waals surface area contributed by atoms with Gasteiger partial charge in [0.25, 0.3) is 5.91 Å². The first-order valence-corrected chi connectivity index (χ1v) is 7.12. The SMILES string of the molecule is Cc1cc(Br)oc1C(=O)N1CCCC[C@H]1[C@@H](C)N. The number of carbonyl (C=O) groups is 1. The third kappa shape index (κ3) is 2.62. The molecule has 100 valence electrons. The minimum atomic E-state index is -0.0415. The molecule has 0 unspecified atom stereocenters. The second-order valence-corrected chi connectivity index (χ2v) is 5.77. The minimum Gasteiger partial charge on any atom is -0.444 e. The van der Waals surface area contributed by atoms with Crippen LogP contribution in [0, 0.1) is 6.92 Å². The van der Waals surface area contributed by atoms with Crippen molar-refractivity contribution in [2.24, 2.45) is 5.73 Å². The fourth-order valence-electron chi connectivity index (χ4n) is 2.54. The third-order valence-corrected chi connectivity index (χ3v) is 3.89. The third-order valence-electron chi connectivity index (χ3n) is 3.50. The van der Waals surface area contributed by atoms with E-state index in [1.54, 1.807) is 0 Å². The van der Waals surface area contributed by atoms with Crippen LogP contribution in [-0.4, -0.2) is 29.4 Å². The minimum absolute atomic E-state index is 0.00652. The van der Waals surface area contributed by atoms with Crippen molar-refractivity contribution in [2.75, 3.05) is 6.54 Å². The molecule has 0 aromatic carbocycles. The maximum absolute atomic E-state index is 12.5. The second kappa shape index (κ2) is 5.45. The highest BCUT2D eigenvalue weighted by atomic mass is 79.9. The number of rotatable bonds is 2. The molecule has 1 amide bonds. The summed E-state index contributed by atoms with van der Waals surface area (Å²) >= 11 is 3.26. The van der Waals surface area contributed by atoms with E-state index in [-0.39, 0.29) is 18.0 Å². The molecule has 4 nitrogen and oxygen atoms in total. The zero-order valence-electron chi connectivity index (χ0n) is 10.8. The quantitative estimate of drug-likeness (QED) is 0.913. The summed E-state index contributed by atoms with van der Waals surface area (Å²) in [5.41, 5.74) is 6.84. The van der Waals surface area contributed by atoms with Crippen molar-refractivity contribution >= 4 is 21.8 Å². The van der Waals surface area contributed by atoms with Crippen molar-refractivity contribution in [2.45, 2.75) is 45.2 Å². The monoisotopic (exact) mass is 314 g/mol. The smallest absolute Gasteiger partial charge is 0.290 e. The van der Waals surface area contributed by atoms with Gasteiger partial charge in [-0.3, -0.25) is 4.79 Å². The Kier molecular flexibility index (Phi) is 4.12. The molecule has 0 radical (unpaired) electrons. The fourth-order valence-corrected chi connectivity index (χ4v) is 3.05. The van der Waals surface area contributed by atoms with E-state index in [9.17, 15) is 4.79 Å². The number of amides is 1. The zero-order valence-corrected chi connectivity index (χ0v) is 12.4. The van der Waals surface area contributed by atoms with E-state index in [4.69, 9.17) is 10.2 Å². The molecule has 1 aromatic heterocycles. The Morgan fingerprint density at radius 2 is 2.33 bits per heavy atom. The number of carbonyl (C=O) groups excluding carboxylic acids is 1. The molecular formula is C13H19BrN2O2. The number of aryl methyl sites for hydroxylation is 1. The predicted octanol–water partition coefficient (Wildman–Crippen LogP) is 2.69. The largest absolute Gasteiger partial charge is 0.444 e. The first-order valence-electron chi connectivity index (χ1n) is 6.33. The number of nitrogens with two attached hydrogens (primary N) is 1. The summed E-state index contributed by atoms with van der Waals surface area (Å²) < 4.78 is 6.04. The lowest BCUT2D eigenvalue weighted by molar-refractivity contribution is 0.0549. The summed E-state index contributed by atoms with van der Waals surface area (Å²) in [6, 6.07) is 1.93. The normalized spacial score (nSPS) is 22.0. The number of hydrogen-bond donors (Lipinski definition) is 1. The van der Waals surface area contributed by atoms with Crippen LogP contribution in [0.25, 0.3) is 0 Å². The number of nitrogens with zero attached hydrogens (tertiary/aromatic N) is 1. The van der Waals surface area contributed by atoms with Crippen LogP contribution in [0.1, 0.15) is 42.3 Å². The average Bonchev–Trinajstić information content (AvgIpc) is 2.67. The van der Waals surface area contributed by atoms with Crippen molar-refractivity contribution < 1.29 is 9.21 Å². The summed E-state index contributed by atoms with van der Waals surface area (Å²) in [5, 5.41) is 0. The Morgan fingerprint density at radius 1 is 1.61 bits per heavy atom. The Morgan fingerprint density at radius 3 is 2.89 bits per heavy atom. The van der Waals surface area contributed by atoms with E-state index >= 15 is 0 Å². The maximum atomic E-state index is 12.5. The first-order chi connectivity index (χ1) is 8.50. The van der Waals surface area contributed by atoms with E-state index in [1.165, 1.54) is 0 Å². The molecule has 1 aliphatic heterocycles. The first kappa shape index (κ1) is 13.6. The molecule has 2 heterocycles. The maximum Gasteiger partial charge on any atom is 0.290 e. The summed E-state index contributed by atoms with van der Waals surface area (Å²) in [7, 11) is 0. The Hall–Kier alpha value is -0.810. The highest BCUT2D eigenvalue weighted by Gasteiger charge is 2.32. The average molecular weight is 315 g/mol. The van der Waals surface area contributed by atoms with E-state index in [0.717, 1.165) is 31.4 Å². The number of halogens is 1. The van der Waals surface area contributed by atoms with Gasteiger partial charge in [0, 0.05) is 24.2 Å². The highest BCUT2D eigenvalue weighted by Crippen LogP contribution is 2.25. The van der Waals surface area contributed by atoms with Gasteiger partial charge in [-0.1, -0.05) is 0 Å². The Bertz CT molecular complexity index is 442. The Balaban J connectivity index is 2.23. The van der Waals surface area contributed by atoms with E-state index in [2.05, 4.69) is 15.9 Å². The second-order valence-electron chi connectivity index (χ2n) is 4.98. The molecular weight excluding hydrogens is 296 g/mol. The molecule has 2 rings (SSSR count). The van der Waals surface area contributed by atoms with Crippen LogP contribution in [0.15, 0.2) is 15.2 Å². The van der Waals surface area contributed by atoms with Gasteiger partial charge in [0.1, 0.15) is 0 Å². The lowest BCUT2D eigenvalue weighted by atomic mass is 9.96. The van der Waals surface area contributed by atoms with Crippen molar-refractivity contribution in [1.82, 2.24) is 4.90 Å². The van der Waals surface area contributed by atoms with E-state index in [1.807, 2.05) is 24.8 Å². The van der Waals surface area contributed by atoms with Crippen LogP contribution in [-0.2, 0) is 0 Å². The lowest BCUT2D eigenvalue weighted by Crippen LogP contribution is -2.51. The molecule has 0 spiro atoms. The van der Waals surface area contributed by atoms with Gasteiger partial charge in [0.05, 0.1) is 0 Å². The molecule has 0 aliphatic carbocycles. The van der Waals surface area contributed by atoms with Crippen molar-refractivity contribution in [1.29, 1.82) is 0 Å². The van der Waals surface area contributed by atoms with Gasteiger partial charge in [0.2, 0.25) is 0 Å². The van der Waals surface area contributed by atoms with E-state index in [0.29, 0.717) is 10.4 Å². The Labute approximate surface area is 116 Å². The standard InChI is InChI=1S/C13H19BrN2O2/c1-8-7-11(14)18-12(8)13(17)16-6-4-3-5-10(16)9(2)15/h7,9-10H,3-6,15H2,1-2H3/t9-,10+/m1/s1. The predicted molar refractivity (Wildman–Crippen MR) is 73.5 cm³/mol. The molecule has 1 fully saturated rings. The van der Waals surface area contributed by atoms with Crippen LogP contribution < -0.4 is 5.73 Å². The fraction of sp³-hybridized carbons (Fsp3) is 0.615. The molecule has 18 heavy (non-hydrogen) atoms. The van der Waals surface area contributed by atoms with Crippen molar-refractivity contribution in [3.05, 3.63) is 22.1 Å². The van der Waals surface area contributed by atoms with Crippen LogP contribution in [0.2, 0.25) is 0 Å². The van der Waals surface area contributed by atoms with Crippen LogP contribution in [0.5, 0.6) is 0 Å². The summed E-state index contributed by atoms with van der Waals surface area (Å²) in [5.74, 6) is 0.384. The topological polar surface area (TPSA) is 59.5 Å². The van der Waals surface area contributed by atoms with Gasteiger partial charge < -0.3 is 15.1 Å². The van der Waals surface area contributed by atoms with Crippen molar-refractivity contribution in [3.8, 4) is 0 Å². The van der Waals surface area contributed by atoms with Crippen LogP contribution in [0.4, 0.5) is 0 Å². The van der Waals surface area contributed by atoms with Crippen molar-refractivity contribution in [3.63, 3.8) is 0 Å². The number of likely N-dealkylation sites (tertiary alicyclic amines) is 1. The molecule has 1 aromatic rings. The van der Waals surface area contributed by atoms with Gasteiger partial charge in [-0.25, -0.2) is 0 Å². The summed E-state index contributed by atoms with van der Waals surface area (Å²) in [6.45, 7) is 4.61.